The highest BCUT2D eigenvalue weighted by Crippen LogP contribution is 2.33. The van der Waals surface area contributed by atoms with Crippen molar-refractivity contribution in [1.82, 2.24) is 0 Å². The van der Waals surface area contributed by atoms with Gasteiger partial charge in [0.25, 0.3) is 0 Å². The van der Waals surface area contributed by atoms with Gasteiger partial charge < -0.3 is 10.4 Å². The molecule has 100 valence electrons. The van der Waals surface area contributed by atoms with E-state index in [9.17, 15) is 9.50 Å². The summed E-state index contributed by atoms with van der Waals surface area (Å²) in [5.74, 6) is -0.352. The Balaban J connectivity index is 2.22. The van der Waals surface area contributed by atoms with Crippen molar-refractivity contribution in [2.24, 2.45) is 0 Å². The number of anilines is 1. The molecule has 2 aromatic rings. The zero-order valence-electron chi connectivity index (χ0n) is 9.55. The zero-order chi connectivity index (χ0) is 14.0. The third kappa shape index (κ3) is 3.32. The monoisotopic (exact) mass is 363 g/mol. The van der Waals surface area contributed by atoms with E-state index in [0.29, 0.717) is 22.3 Å². The number of phenolic OH excluding ortho intramolecular Hbond substituents is 1. The molecule has 0 heterocycles. The topological polar surface area (TPSA) is 32.3 Å². The third-order valence-electron chi connectivity index (χ3n) is 2.53. The minimum Gasteiger partial charge on any atom is -0.506 e. The van der Waals surface area contributed by atoms with E-state index in [0.717, 1.165) is 0 Å². The van der Waals surface area contributed by atoms with Gasteiger partial charge in [0, 0.05) is 12.1 Å². The molecule has 2 aromatic carbocycles. The van der Waals surface area contributed by atoms with Crippen LogP contribution in [0.15, 0.2) is 34.8 Å². The number of halogens is 4. The maximum atomic E-state index is 13.0. The van der Waals surface area contributed by atoms with Crippen molar-refractivity contribution in [1.29, 1.82) is 0 Å². The minimum atomic E-state index is -0.495. The van der Waals surface area contributed by atoms with Crippen molar-refractivity contribution in [3.63, 3.8) is 0 Å². The highest BCUT2D eigenvalue weighted by molar-refractivity contribution is 9.10. The summed E-state index contributed by atoms with van der Waals surface area (Å²) < 4.78 is 13.6. The molecule has 0 bridgehead atoms. The van der Waals surface area contributed by atoms with Crippen LogP contribution in [0.5, 0.6) is 5.75 Å². The molecule has 0 aliphatic carbocycles. The van der Waals surface area contributed by atoms with Crippen LogP contribution in [0.3, 0.4) is 0 Å². The molecular formula is C13H9BrCl2FNO. The molecule has 6 heteroatoms. The van der Waals surface area contributed by atoms with Crippen LogP contribution in [0.4, 0.5) is 10.1 Å². The molecule has 0 aliphatic heterocycles. The molecule has 0 saturated carbocycles. The van der Waals surface area contributed by atoms with Gasteiger partial charge in [0.1, 0.15) is 11.6 Å². The van der Waals surface area contributed by atoms with E-state index < -0.39 is 5.82 Å². The molecule has 2 rings (SSSR count). The van der Waals surface area contributed by atoms with E-state index in [1.54, 1.807) is 18.2 Å². The first kappa shape index (κ1) is 14.4. The van der Waals surface area contributed by atoms with Crippen LogP contribution >= 0.6 is 39.1 Å². The van der Waals surface area contributed by atoms with Crippen LogP contribution in [0.1, 0.15) is 5.56 Å². The van der Waals surface area contributed by atoms with E-state index in [1.165, 1.54) is 12.1 Å². The van der Waals surface area contributed by atoms with Crippen LogP contribution in [0, 0.1) is 5.82 Å². The first-order valence-electron chi connectivity index (χ1n) is 5.34. The van der Waals surface area contributed by atoms with Crippen LogP contribution in [-0.2, 0) is 6.54 Å². The van der Waals surface area contributed by atoms with E-state index in [4.69, 9.17) is 23.2 Å². The highest BCUT2D eigenvalue weighted by atomic mass is 79.9. The molecule has 0 unspecified atom stereocenters. The van der Waals surface area contributed by atoms with Gasteiger partial charge in [0.15, 0.2) is 0 Å². The largest absolute Gasteiger partial charge is 0.506 e. The molecule has 0 atom stereocenters. The lowest BCUT2D eigenvalue weighted by atomic mass is 10.2. The number of nitrogens with one attached hydrogen (secondary N) is 1. The van der Waals surface area contributed by atoms with Gasteiger partial charge in [0.2, 0.25) is 0 Å². The highest BCUT2D eigenvalue weighted by Gasteiger charge is 2.10. The first-order valence-corrected chi connectivity index (χ1v) is 6.88. The second kappa shape index (κ2) is 5.99. The maximum Gasteiger partial charge on any atom is 0.134 e. The molecular weight excluding hydrogens is 356 g/mol. The quantitative estimate of drug-likeness (QED) is 0.783. The van der Waals surface area contributed by atoms with Crippen LogP contribution in [0.2, 0.25) is 10.0 Å². The van der Waals surface area contributed by atoms with Gasteiger partial charge in [-0.2, -0.15) is 0 Å². The van der Waals surface area contributed by atoms with Crippen molar-refractivity contribution in [3.05, 3.63) is 56.2 Å². The molecule has 0 radical (unpaired) electrons. The van der Waals surface area contributed by atoms with E-state index in [1.807, 2.05) is 0 Å². The Morgan fingerprint density at radius 1 is 1.21 bits per heavy atom. The Bertz CT molecular complexity index is 599. The van der Waals surface area contributed by atoms with Gasteiger partial charge in [-0.3, -0.25) is 0 Å². The SMILES string of the molecule is Oc1c(Br)cccc1CNc1c(Cl)cc(F)cc1Cl. The summed E-state index contributed by atoms with van der Waals surface area (Å²) in [6, 6.07) is 7.65. The Labute approximate surface area is 128 Å². The molecule has 2 N–H and O–H groups in total. The van der Waals surface area contributed by atoms with Crippen molar-refractivity contribution in [3.8, 4) is 5.75 Å². The normalized spacial score (nSPS) is 10.5. The van der Waals surface area contributed by atoms with E-state index in [2.05, 4.69) is 21.2 Å². The Kier molecular flexibility index (Phi) is 4.55. The molecule has 0 fully saturated rings. The van der Waals surface area contributed by atoms with Crippen molar-refractivity contribution in [2.45, 2.75) is 6.54 Å². The fourth-order valence-corrected chi connectivity index (χ4v) is 2.60. The molecule has 0 aliphatic rings. The number of benzene rings is 2. The minimum absolute atomic E-state index is 0.143. The fraction of sp³-hybridized carbons (Fsp3) is 0.0769. The Morgan fingerprint density at radius 2 is 1.84 bits per heavy atom. The van der Waals surface area contributed by atoms with E-state index >= 15 is 0 Å². The lowest BCUT2D eigenvalue weighted by Gasteiger charge is -2.12. The van der Waals surface area contributed by atoms with Gasteiger partial charge in [-0.15, -0.1) is 0 Å². The summed E-state index contributed by atoms with van der Waals surface area (Å²) in [4.78, 5) is 0. The van der Waals surface area contributed by atoms with Crippen LogP contribution in [-0.4, -0.2) is 5.11 Å². The molecule has 0 saturated heterocycles. The summed E-state index contributed by atoms with van der Waals surface area (Å²) in [6.07, 6.45) is 0. The maximum absolute atomic E-state index is 13.0. The number of aromatic hydroxyl groups is 1. The number of hydrogen-bond donors (Lipinski definition) is 2. The third-order valence-corrected chi connectivity index (χ3v) is 3.77. The Morgan fingerprint density at radius 3 is 2.47 bits per heavy atom. The Hall–Kier alpha value is -0.970. The molecule has 0 aromatic heterocycles. The van der Waals surface area contributed by atoms with Crippen LogP contribution in [0.25, 0.3) is 0 Å². The second-order valence-corrected chi connectivity index (χ2v) is 5.51. The smallest absolute Gasteiger partial charge is 0.134 e. The summed E-state index contributed by atoms with van der Waals surface area (Å²) >= 11 is 15.1. The first-order chi connectivity index (χ1) is 8.99. The molecule has 0 spiro atoms. The summed E-state index contributed by atoms with van der Waals surface area (Å²) in [7, 11) is 0. The summed E-state index contributed by atoms with van der Waals surface area (Å²) in [5, 5.41) is 13.2. The summed E-state index contributed by atoms with van der Waals surface area (Å²) in [6.45, 7) is 0.316. The molecule has 2 nitrogen and oxygen atoms in total. The van der Waals surface area contributed by atoms with Gasteiger partial charge in [-0.25, -0.2) is 4.39 Å². The van der Waals surface area contributed by atoms with Crippen molar-refractivity contribution in [2.75, 3.05) is 5.32 Å². The van der Waals surface area contributed by atoms with Crippen LogP contribution < -0.4 is 5.32 Å². The fourth-order valence-electron chi connectivity index (χ4n) is 1.60. The number of phenols is 1. The second-order valence-electron chi connectivity index (χ2n) is 3.85. The number of para-hydroxylation sites is 1. The zero-order valence-corrected chi connectivity index (χ0v) is 12.7. The summed E-state index contributed by atoms with van der Waals surface area (Å²) in [5.41, 5.74) is 1.11. The number of rotatable bonds is 3. The predicted molar refractivity (Wildman–Crippen MR) is 79.6 cm³/mol. The molecule has 19 heavy (non-hydrogen) atoms. The van der Waals surface area contributed by atoms with Gasteiger partial charge in [-0.05, 0) is 34.1 Å². The van der Waals surface area contributed by atoms with Gasteiger partial charge >= 0.3 is 0 Å². The number of hydrogen-bond acceptors (Lipinski definition) is 2. The predicted octanol–water partition coefficient (Wildman–Crippen LogP) is 5.21. The lowest BCUT2D eigenvalue weighted by molar-refractivity contribution is 0.465. The van der Waals surface area contributed by atoms with Crippen molar-refractivity contribution >= 4 is 44.8 Å². The van der Waals surface area contributed by atoms with Gasteiger partial charge in [0.05, 0.1) is 20.2 Å². The lowest BCUT2D eigenvalue weighted by Crippen LogP contribution is -2.01. The van der Waals surface area contributed by atoms with Crippen molar-refractivity contribution < 1.29 is 9.50 Å². The average molecular weight is 365 g/mol. The van der Waals surface area contributed by atoms with E-state index in [-0.39, 0.29) is 15.8 Å². The average Bonchev–Trinajstić information content (AvgIpc) is 2.33. The van der Waals surface area contributed by atoms with Gasteiger partial charge in [-0.1, -0.05) is 35.3 Å². The molecule has 0 amide bonds. The standard InChI is InChI=1S/C13H9BrCl2FNO/c14-9-3-1-2-7(13(9)19)6-18-12-10(15)4-8(17)5-11(12)16/h1-5,18-19H,6H2.